The van der Waals surface area contributed by atoms with Crippen molar-refractivity contribution in [2.45, 2.75) is 32.6 Å². The molecule has 1 N–H and O–H groups in total. The zero-order valence-corrected chi connectivity index (χ0v) is 18.7. The van der Waals surface area contributed by atoms with Crippen molar-refractivity contribution in [2.75, 3.05) is 5.32 Å². The maximum absolute atomic E-state index is 12.4. The topological polar surface area (TPSA) is 42.0 Å². The van der Waals surface area contributed by atoms with E-state index in [-0.39, 0.29) is 5.91 Å². The van der Waals surface area contributed by atoms with Gasteiger partial charge in [0.2, 0.25) is 5.91 Å². The van der Waals surface area contributed by atoms with E-state index in [1.165, 1.54) is 28.0 Å². The maximum Gasteiger partial charge on any atom is 0.230 e. The minimum absolute atomic E-state index is 0.0450. The third-order valence-corrected chi connectivity index (χ3v) is 6.02. The van der Waals surface area contributed by atoms with E-state index in [0.717, 1.165) is 23.2 Å². The number of carbonyl (C=O) groups is 1. The normalized spacial score (nSPS) is 10.9. The summed E-state index contributed by atoms with van der Waals surface area (Å²) in [6, 6.07) is 27.2. The Bertz CT molecular complexity index is 1130. The van der Waals surface area contributed by atoms with Gasteiger partial charge in [0.05, 0.1) is 12.1 Å². The Morgan fingerprint density at radius 1 is 0.871 bits per heavy atom. The van der Waals surface area contributed by atoms with E-state index >= 15 is 0 Å². The summed E-state index contributed by atoms with van der Waals surface area (Å²) in [4.78, 5) is 17.0. The van der Waals surface area contributed by atoms with Crippen molar-refractivity contribution in [3.05, 3.63) is 106 Å². The maximum atomic E-state index is 12.4. The molecule has 31 heavy (non-hydrogen) atoms. The number of thiazole rings is 1. The van der Waals surface area contributed by atoms with Crippen molar-refractivity contribution in [2.24, 2.45) is 0 Å². The first-order chi connectivity index (χ1) is 15.1. The van der Waals surface area contributed by atoms with Gasteiger partial charge in [-0.25, -0.2) is 4.98 Å². The van der Waals surface area contributed by atoms with Gasteiger partial charge in [-0.2, -0.15) is 0 Å². The molecule has 0 saturated carbocycles. The van der Waals surface area contributed by atoms with Crippen LogP contribution in [0.25, 0.3) is 11.3 Å². The van der Waals surface area contributed by atoms with Crippen LogP contribution in [0, 0.1) is 0 Å². The van der Waals surface area contributed by atoms with E-state index in [2.05, 4.69) is 84.8 Å². The second kappa shape index (κ2) is 9.71. The largest absolute Gasteiger partial charge is 0.302 e. The number of hydrogen-bond acceptors (Lipinski definition) is 3. The number of aromatic nitrogens is 1. The number of nitrogens with zero attached hydrogens (tertiary/aromatic N) is 1. The average Bonchev–Trinajstić information content (AvgIpc) is 3.23. The second-order valence-electron chi connectivity index (χ2n) is 8.02. The Balaban J connectivity index is 1.36. The average molecular weight is 427 g/mol. The molecule has 0 aliphatic heterocycles. The molecule has 0 bridgehead atoms. The molecule has 1 aromatic heterocycles. The van der Waals surface area contributed by atoms with E-state index in [0.29, 0.717) is 17.5 Å². The molecule has 1 heterocycles. The van der Waals surface area contributed by atoms with Crippen LogP contribution < -0.4 is 5.32 Å². The predicted octanol–water partition coefficient (Wildman–Crippen LogP) is 6.71. The summed E-state index contributed by atoms with van der Waals surface area (Å²) < 4.78 is 0. The van der Waals surface area contributed by atoms with E-state index < -0.39 is 0 Å². The molecule has 4 aromatic rings. The van der Waals surface area contributed by atoms with Gasteiger partial charge in [-0.05, 0) is 34.6 Å². The highest BCUT2D eigenvalue weighted by Crippen LogP contribution is 2.26. The fourth-order valence-electron chi connectivity index (χ4n) is 3.46. The lowest BCUT2D eigenvalue weighted by Gasteiger charge is -2.07. The highest BCUT2D eigenvalue weighted by Gasteiger charge is 2.10. The summed E-state index contributed by atoms with van der Waals surface area (Å²) in [7, 11) is 0. The summed E-state index contributed by atoms with van der Waals surface area (Å²) in [5, 5.41) is 5.55. The smallest absolute Gasteiger partial charge is 0.230 e. The molecule has 0 saturated heterocycles. The van der Waals surface area contributed by atoms with Crippen molar-refractivity contribution in [3.8, 4) is 11.3 Å². The predicted molar refractivity (Wildman–Crippen MR) is 130 cm³/mol. The van der Waals surface area contributed by atoms with Gasteiger partial charge in [-0.15, -0.1) is 11.3 Å². The minimum atomic E-state index is -0.0450. The van der Waals surface area contributed by atoms with Crippen LogP contribution in [-0.4, -0.2) is 10.9 Å². The molecule has 4 rings (SSSR count). The molecule has 4 heteroatoms. The monoisotopic (exact) mass is 426 g/mol. The van der Waals surface area contributed by atoms with Gasteiger partial charge < -0.3 is 5.32 Å². The SMILES string of the molecule is CC(C)c1ccc(CC(=O)Nc2nc(-c3ccc(Cc4ccccc4)cc3)cs2)cc1. The first-order valence-electron chi connectivity index (χ1n) is 10.5. The molecular weight excluding hydrogens is 400 g/mol. The molecular formula is C27H26N2OS. The van der Waals surface area contributed by atoms with Crippen LogP contribution in [0.1, 0.15) is 42.0 Å². The van der Waals surface area contributed by atoms with E-state index in [4.69, 9.17) is 0 Å². The highest BCUT2D eigenvalue weighted by atomic mass is 32.1. The minimum Gasteiger partial charge on any atom is -0.302 e. The summed E-state index contributed by atoms with van der Waals surface area (Å²) in [5.74, 6) is 0.445. The lowest BCUT2D eigenvalue weighted by atomic mass is 10.0. The molecule has 3 nitrogen and oxygen atoms in total. The van der Waals surface area contributed by atoms with Crippen LogP contribution in [-0.2, 0) is 17.6 Å². The van der Waals surface area contributed by atoms with Gasteiger partial charge in [0.15, 0.2) is 5.13 Å². The van der Waals surface area contributed by atoms with Crippen LogP contribution in [0.5, 0.6) is 0 Å². The van der Waals surface area contributed by atoms with Gasteiger partial charge in [0.25, 0.3) is 0 Å². The number of anilines is 1. The van der Waals surface area contributed by atoms with Gasteiger partial charge in [-0.3, -0.25) is 4.79 Å². The molecule has 0 aliphatic rings. The molecule has 3 aromatic carbocycles. The first kappa shape index (κ1) is 21.0. The molecule has 156 valence electrons. The fraction of sp³-hybridized carbons (Fsp3) is 0.185. The number of amides is 1. The van der Waals surface area contributed by atoms with Crippen LogP contribution >= 0.6 is 11.3 Å². The zero-order valence-electron chi connectivity index (χ0n) is 17.8. The highest BCUT2D eigenvalue weighted by molar-refractivity contribution is 7.14. The number of hydrogen-bond donors (Lipinski definition) is 1. The summed E-state index contributed by atoms with van der Waals surface area (Å²) in [5.41, 5.74) is 6.79. The third-order valence-electron chi connectivity index (χ3n) is 5.26. The van der Waals surface area contributed by atoms with Crippen LogP contribution in [0.3, 0.4) is 0 Å². The number of benzene rings is 3. The van der Waals surface area contributed by atoms with Crippen molar-refractivity contribution in [1.82, 2.24) is 4.98 Å². The summed E-state index contributed by atoms with van der Waals surface area (Å²) >= 11 is 1.45. The molecule has 0 aliphatic carbocycles. The Hall–Kier alpha value is -3.24. The van der Waals surface area contributed by atoms with Crippen LogP contribution in [0.15, 0.2) is 84.2 Å². The van der Waals surface area contributed by atoms with Gasteiger partial charge in [0.1, 0.15) is 0 Å². The van der Waals surface area contributed by atoms with E-state index in [1.807, 2.05) is 23.6 Å². The molecule has 0 spiro atoms. The Kier molecular flexibility index (Phi) is 6.58. The van der Waals surface area contributed by atoms with E-state index in [9.17, 15) is 4.79 Å². The molecule has 0 fully saturated rings. The van der Waals surface area contributed by atoms with Crippen molar-refractivity contribution < 1.29 is 4.79 Å². The van der Waals surface area contributed by atoms with Crippen molar-refractivity contribution in [1.29, 1.82) is 0 Å². The van der Waals surface area contributed by atoms with Gasteiger partial charge >= 0.3 is 0 Å². The van der Waals surface area contributed by atoms with Gasteiger partial charge in [-0.1, -0.05) is 92.7 Å². The molecule has 0 unspecified atom stereocenters. The first-order valence-corrected chi connectivity index (χ1v) is 11.4. The Morgan fingerprint density at radius 3 is 2.19 bits per heavy atom. The van der Waals surface area contributed by atoms with Crippen LogP contribution in [0.2, 0.25) is 0 Å². The molecule has 1 amide bonds. The zero-order chi connectivity index (χ0) is 21.6. The van der Waals surface area contributed by atoms with Crippen molar-refractivity contribution >= 4 is 22.4 Å². The fourth-order valence-corrected chi connectivity index (χ4v) is 4.19. The molecule has 0 radical (unpaired) electrons. The Morgan fingerprint density at radius 2 is 1.52 bits per heavy atom. The summed E-state index contributed by atoms with van der Waals surface area (Å²) in [6.07, 6.45) is 1.26. The number of nitrogens with one attached hydrogen (secondary N) is 1. The quantitative estimate of drug-likeness (QED) is 0.357. The summed E-state index contributed by atoms with van der Waals surface area (Å²) in [6.45, 7) is 4.33. The molecule has 0 atom stereocenters. The Labute approximate surface area is 187 Å². The van der Waals surface area contributed by atoms with E-state index in [1.54, 1.807) is 0 Å². The lowest BCUT2D eigenvalue weighted by molar-refractivity contribution is -0.115. The standard InChI is InChI=1S/C27H26N2OS/c1-19(2)23-12-8-22(9-13-23)17-26(30)29-27-28-25(18-31-27)24-14-10-21(11-15-24)16-20-6-4-3-5-7-20/h3-15,18-19H,16-17H2,1-2H3,(H,28,29,30). The van der Waals surface area contributed by atoms with Gasteiger partial charge in [0, 0.05) is 10.9 Å². The number of rotatable bonds is 7. The lowest BCUT2D eigenvalue weighted by Crippen LogP contribution is -2.14. The second-order valence-corrected chi connectivity index (χ2v) is 8.88. The van der Waals surface area contributed by atoms with Crippen LogP contribution in [0.4, 0.5) is 5.13 Å². The van der Waals surface area contributed by atoms with Crippen molar-refractivity contribution in [3.63, 3.8) is 0 Å². The number of carbonyl (C=O) groups excluding carboxylic acids is 1. The third kappa shape index (κ3) is 5.68.